The molecule has 0 spiro atoms. The number of hydrogen-bond donors (Lipinski definition) is 1. The molecule has 0 aromatic heterocycles. The molecule has 1 aliphatic rings. The summed E-state index contributed by atoms with van der Waals surface area (Å²) >= 11 is 0. The fourth-order valence-corrected chi connectivity index (χ4v) is 2.98. The monoisotopic (exact) mass is 332 g/mol. The van der Waals surface area contributed by atoms with Crippen LogP contribution in [0.15, 0.2) is 24.3 Å². The van der Waals surface area contributed by atoms with E-state index in [1.807, 2.05) is 6.92 Å². The lowest BCUT2D eigenvalue weighted by molar-refractivity contribution is -0.145. The summed E-state index contributed by atoms with van der Waals surface area (Å²) in [4.78, 5) is 38.4. The number of nitrogens with zero attached hydrogens (tertiary/aromatic N) is 1. The number of carbonyl (C=O) groups excluding carboxylic acids is 3. The zero-order valence-corrected chi connectivity index (χ0v) is 14.2. The highest BCUT2D eigenvalue weighted by atomic mass is 16.5. The number of amides is 2. The standard InChI is InChI=1S/C18H24N2O4/c1-3-13-9-7-8-12-20(13)17(22)16(21)19-15-11-6-5-10-14(15)18(23)24-4-2/h5-6,10-11,13H,3-4,7-9,12H2,1-2H3,(H,19,21). The van der Waals surface area contributed by atoms with E-state index in [2.05, 4.69) is 5.32 Å². The molecule has 1 heterocycles. The lowest BCUT2D eigenvalue weighted by Gasteiger charge is -2.34. The second kappa shape index (κ2) is 8.47. The third-order valence-electron chi connectivity index (χ3n) is 4.22. The maximum atomic E-state index is 12.5. The van der Waals surface area contributed by atoms with E-state index in [1.54, 1.807) is 36.1 Å². The summed E-state index contributed by atoms with van der Waals surface area (Å²) in [5.41, 5.74) is 0.533. The number of hydrogen-bond acceptors (Lipinski definition) is 4. The zero-order chi connectivity index (χ0) is 17.5. The Morgan fingerprint density at radius 1 is 1.21 bits per heavy atom. The van der Waals surface area contributed by atoms with Crippen LogP contribution in [0.4, 0.5) is 5.69 Å². The SMILES string of the molecule is CCOC(=O)c1ccccc1NC(=O)C(=O)N1CCCCC1CC. The van der Waals surface area contributed by atoms with Gasteiger partial charge in [0, 0.05) is 12.6 Å². The maximum Gasteiger partial charge on any atom is 0.340 e. The van der Waals surface area contributed by atoms with E-state index in [1.165, 1.54) is 0 Å². The van der Waals surface area contributed by atoms with Crippen molar-refractivity contribution in [1.82, 2.24) is 4.90 Å². The van der Waals surface area contributed by atoms with Crippen LogP contribution >= 0.6 is 0 Å². The topological polar surface area (TPSA) is 75.7 Å². The Bertz CT molecular complexity index is 615. The molecule has 1 N–H and O–H groups in total. The largest absolute Gasteiger partial charge is 0.462 e. The van der Waals surface area contributed by atoms with Gasteiger partial charge in [0.25, 0.3) is 0 Å². The Labute approximate surface area is 142 Å². The molecule has 0 aliphatic carbocycles. The first-order chi connectivity index (χ1) is 11.6. The minimum absolute atomic E-state index is 0.109. The quantitative estimate of drug-likeness (QED) is 0.679. The van der Waals surface area contributed by atoms with Crippen molar-refractivity contribution in [3.8, 4) is 0 Å². The van der Waals surface area contributed by atoms with Gasteiger partial charge < -0.3 is 15.0 Å². The first kappa shape index (κ1) is 18.0. The molecule has 0 bridgehead atoms. The first-order valence-electron chi connectivity index (χ1n) is 8.46. The molecule has 1 aromatic rings. The molecule has 0 radical (unpaired) electrons. The first-order valence-corrected chi connectivity index (χ1v) is 8.46. The van der Waals surface area contributed by atoms with Crippen LogP contribution in [0.2, 0.25) is 0 Å². The minimum Gasteiger partial charge on any atom is -0.462 e. The number of para-hydroxylation sites is 1. The molecular weight excluding hydrogens is 308 g/mol. The lowest BCUT2D eigenvalue weighted by atomic mass is 10.00. The summed E-state index contributed by atoms with van der Waals surface area (Å²) in [6.07, 6.45) is 3.75. The number of benzene rings is 1. The molecule has 130 valence electrons. The van der Waals surface area contributed by atoms with E-state index in [0.29, 0.717) is 12.2 Å². The fourth-order valence-electron chi connectivity index (χ4n) is 2.98. The molecule has 1 saturated heterocycles. The number of ether oxygens (including phenoxy) is 1. The number of anilines is 1. The Hall–Kier alpha value is -2.37. The van der Waals surface area contributed by atoms with Crippen molar-refractivity contribution in [3.63, 3.8) is 0 Å². The lowest BCUT2D eigenvalue weighted by Crippen LogP contribution is -2.48. The number of carbonyl (C=O) groups is 3. The molecule has 2 rings (SSSR count). The Morgan fingerprint density at radius 2 is 1.96 bits per heavy atom. The average molecular weight is 332 g/mol. The van der Waals surface area contributed by atoms with Crippen LogP contribution in [-0.2, 0) is 14.3 Å². The highest BCUT2D eigenvalue weighted by Crippen LogP contribution is 2.21. The number of piperidine rings is 1. The fraction of sp³-hybridized carbons (Fsp3) is 0.500. The van der Waals surface area contributed by atoms with Crippen molar-refractivity contribution >= 4 is 23.5 Å². The summed E-state index contributed by atoms with van der Waals surface area (Å²) in [7, 11) is 0. The second-order valence-electron chi connectivity index (χ2n) is 5.78. The molecule has 24 heavy (non-hydrogen) atoms. The van der Waals surface area contributed by atoms with Crippen molar-refractivity contribution < 1.29 is 19.1 Å². The van der Waals surface area contributed by atoms with Gasteiger partial charge in [0.15, 0.2) is 0 Å². The molecule has 6 heteroatoms. The molecule has 1 atom stereocenters. The predicted octanol–water partition coefficient (Wildman–Crippen LogP) is 2.59. The van der Waals surface area contributed by atoms with Crippen LogP contribution in [-0.4, -0.2) is 41.9 Å². The zero-order valence-electron chi connectivity index (χ0n) is 14.2. The van der Waals surface area contributed by atoms with E-state index in [0.717, 1.165) is 25.7 Å². The van der Waals surface area contributed by atoms with Crippen molar-refractivity contribution in [2.45, 2.75) is 45.6 Å². The number of esters is 1. The van der Waals surface area contributed by atoms with Crippen LogP contribution in [0.3, 0.4) is 0 Å². The predicted molar refractivity (Wildman–Crippen MR) is 90.7 cm³/mol. The van der Waals surface area contributed by atoms with Crippen LogP contribution in [0, 0.1) is 0 Å². The third kappa shape index (κ3) is 4.13. The number of rotatable bonds is 4. The van der Waals surface area contributed by atoms with Crippen molar-refractivity contribution in [3.05, 3.63) is 29.8 Å². The maximum absolute atomic E-state index is 12.5. The molecule has 1 aliphatic heterocycles. The van der Waals surface area contributed by atoms with E-state index in [9.17, 15) is 14.4 Å². The molecule has 0 saturated carbocycles. The summed E-state index contributed by atoms with van der Waals surface area (Å²) in [6, 6.07) is 6.64. The Morgan fingerprint density at radius 3 is 2.67 bits per heavy atom. The van der Waals surface area contributed by atoms with Crippen LogP contribution in [0.5, 0.6) is 0 Å². The van der Waals surface area contributed by atoms with Crippen LogP contribution < -0.4 is 5.32 Å². The molecule has 6 nitrogen and oxygen atoms in total. The summed E-state index contributed by atoms with van der Waals surface area (Å²) in [6.45, 7) is 4.57. The molecular formula is C18H24N2O4. The Balaban J connectivity index is 2.12. The van der Waals surface area contributed by atoms with E-state index >= 15 is 0 Å². The van der Waals surface area contributed by atoms with Gasteiger partial charge in [-0.2, -0.15) is 0 Å². The van der Waals surface area contributed by atoms with E-state index in [4.69, 9.17) is 4.74 Å². The summed E-state index contributed by atoms with van der Waals surface area (Å²) in [5.74, 6) is -1.78. The second-order valence-corrected chi connectivity index (χ2v) is 5.78. The van der Waals surface area contributed by atoms with E-state index < -0.39 is 17.8 Å². The molecule has 1 fully saturated rings. The highest BCUT2D eigenvalue weighted by molar-refractivity contribution is 6.40. The van der Waals surface area contributed by atoms with Crippen molar-refractivity contribution in [2.24, 2.45) is 0 Å². The van der Waals surface area contributed by atoms with E-state index in [-0.39, 0.29) is 18.2 Å². The summed E-state index contributed by atoms with van der Waals surface area (Å²) < 4.78 is 4.98. The van der Waals surface area contributed by atoms with Gasteiger partial charge in [-0.05, 0) is 44.7 Å². The van der Waals surface area contributed by atoms with Gasteiger partial charge in [-0.25, -0.2) is 4.79 Å². The third-order valence-corrected chi connectivity index (χ3v) is 4.22. The van der Waals surface area contributed by atoms with Crippen LogP contribution in [0.25, 0.3) is 0 Å². The van der Waals surface area contributed by atoms with Gasteiger partial charge in [-0.3, -0.25) is 9.59 Å². The van der Waals surface area contributed by atoms with Crippen LogP contribution in [0.1, 0.15) is 49.9 Å². The normalized spacial score (nSPS) is 17.2. The van der Waals surface area contributed by atoms with Crippen molar-refractivity contribution in [1.29, 1.82) is 0 Å². The number of likely N-dealkylation sites (tertiary alicyclic amines) is 1. The molecule has 1 unspecified atom stereocenters. The van der Waals surface area contributed by atoms with Gasteiger partial charge in [0.2, 0.25) is 0 Å². The smallest absolute Gasteiger partial charge is 0.340 e. The Kier molecular flexibility index (Phi) is 6.35. The van der Waals surface area contributed by atoms with Gasteiger partial charge in [-0.15, -0.1) is 0 Å². The van der Waals surface area contributed by atoms with Crippen molar-refractivity contribution in [2.75, 3.05) is 18.5 Å². The number of nitrogens with one attached hydrogen (secondary N) is 1. The molecule has 2 amide bonds. The van der Waals surface area contributed by atoms with Gasteiger partial charge in [0.05, 0.1) is 17.9 Å². The van der Waals surface area contributed by atoms with Gasteiger partial charge >= 0.3 is 17.8 Å². The summed E-state index contributed by atoms with van der Waals surface area (Å²) in [5, 5.41) is 2.56. The minimum atomic E-state index is -0.716. The van der Waals surface area contributed by atoms with Gasteiger partial charge in [0.1, 0.15) is 0 Å². The highest BCUT2D eigenvalue weighted by Gasteiger charge is 2.30. The van der Waals surface area contributed by atoms with Gasteiger partial charge in [-0.1, -0.05) is 19.1 Å². The molecule has 1 aromatic carbocycles. The average Bonchev–Trinajstić information content (AvgIpc) is 2.61.